The highest BCUT2D eigenvalue weighted by Gasteiger charge is 2.10. The summed E-state index contributed by atoms with van der Waals surface area (Å²) in [6.45, 7) is 10.2. The molecule has 0 fully saturated rings. The average molecular weight is 346 g/mol. The number of hydrogen-bond acceptors (Lipinski definition) is 6. The van der Waals surface area contributed by atoms with E-state index in [1.165, 1.54) is 0 Å². The third-order valence-electron chi connectivity index (χ3n) is 3.23. The Labute approximate surface area is 150 Å². The van der Waals surface area contributed by atoms with Crippen molar-refractivity contribution in [2.45, 2.75) is 26.4 Å². The van der Waals surface area contributed by atoms with Gasteiger partial charge in [0.05, 0.1) is 6.61 Å². The number of rotatable bonds is 12. The first-order valence-corrected chi connectivity index (χ1v) is 8.45. The number of ether oxygens (including phenoxy) is 1. The highest BCUT2D eigenvalue weighted by molar-refractivity contribution is 5.10. The van der Waals surface area contributed by atoms with E-state index in [4.69, 9.17) is 9.26 Å². The van der Waals surface area contributed by atoms with Crippen LogP contribution in [0.5, 0.6) is 0 Å². The summed E-state index contributed by atoms with van der Waals surface area (Å²) in [7, 11) is 3.95. The summed E-state index contributed by atoms with van der Waals surface area (Å²) in [6, 6.07) is 0. The molecule has 0 unspecified atom stereocenters. The molecular weight excluding hydrogens is 316 g/mol. The van der Waals surface area contributed by atoms with Crippen molar-refractivity contribution in [2.75, 3.05) is 33.8 Å². The highest BCUT2D eigenvalue weighted by Crippen LogP contribution is 2.11. The third kappa shape index (κ3) is 9.02. The molecule has 6 heteroatoms. The predicted molar refractivity (Wildman–Crippen MR) is 101 cm³/mol. The standard InChI is InChI=1S/C19H30N4O2/c1-6-7-8-9-10-11-23(5)13-17(12-20-4)14-24-15-18-21-19(16(2)3)25-22-18/h6-10,12,16,20H,1,11,13-15H2,2-5H3/b8-7-,10-9+,17-12+. The maximum absolute atomic E-state index is 5.73. The number of nitrogens with one attached hydrogen (secondary N) is 1. The molecule has 0 saturated heterocycles. The van der Waals surface area contributed by atoms with Gasteiger partial charge in [-0.2, -0.15) is 4.98 Å². The molecule has 0 aliphatic carbocycles. The van der Waals surface area contributed by atoms with Crippen molar-refractivity contribution in [1.29, 1.82) is 0 Å². The van der Waals surface area contributed by atoms with E-state index in [-0.39, 0.29) is 5.92 Å². The Hall–Kier alpha value is -2.18. The molecule has 138 valence electrons. The number of allylic oxidation sites excluding steroid dienone is 4. The van der Waals surface area contributed by atoms with Crippen LogP contribution in [0.25, 0.3) is 0 Å². The van der Waals surface area contributed by atoms with Gasteiger partial charge in [0.15, 0.2) is 5.82 Å². The summed E-state index contributed by atoms with van der Waals surface area (Å²) in [6.07, 6.45) is 11.7. The average Bonchev–Trinajstić information content (AvgIpc) is 3.04. The summed E-state index contributed by atoms with van der Waals surface area (Å²) in [5, 5.41) is 6.99. The van der Waals surface area contributed by atoms with Crippen LogP contribution in [0.15, 0.2) is 53.3 Å². The highest BCUT2D eigenvalue weighted by atomic mass is 16.5. The number of nitrogens with zero attached hydrogens (tertiary/aromatic N) is 3. The first kappa shape index (κ1) is 20.9. The smallest absolute Gasteiger partial charge is 0.229 e. The molecule has 0 amide bonds. The van der Waals surface area contributed by atoms with Crippen LogP contribution in [0.1, 0.15) is 31.5 Å². The van der Waals surface area contributed by atoms with Gasteiger partial charge in [0.2, 0.25) is 5.89 Å². The SMILES string of the molecule is C=C/C=C\C=C\CN(C)C/C(=C\NC)COCc1noc(C(C)C)n1. The minimum absolute atomic E-state index is 0.226. The van der Waals surface area contributed by atoms with Gasteiger partial charge in [-0.25, -0.2) is 0 Å². The number of likely N-dealkylation sites (N-methyl/N-ethyl adjacent to an activating group) is 1. The first-order chi connectivity index (χ1) is 12.1. The summed E-state index contributed by atoms with van der Waals surface area (Å²) in [5.41, 5.74) is 1.15. The van der Waals surface area contributed by atoms with Gasteiger partial charge in [-0.1, -0.05) is 56.0 Å². The van der Waals surface area contributed by atoms with E-state index in [1.807, 2.05) is 45.3 Å². The molecule has 1 rings (SSSR count). The Morgan fingerprint density at radius 3 is 2.80 bits per heavy atom. The Morgan fingerprint density at radius 2 is 2.16 bits per heavy atom. The molecular formula is C19H30N4O2. The Kier molecular flexibility index (Phi) is 10.2. The van der Waals surface area contributed by atoms with Crippen molar-refractivity contribution < 1.29 is 9.26 Å². The van der Waals surface area contributed by atoms with Crippen LogP contribution < -0.4 is 5.32 Å². The summed E-state index contributed by atoms with van der Waals surface area (Å²) < 4.78 is 10.9. The summed E-state index contributed by atoms with van der Waals surface area (Å²) in [5.74, 6) is 1.45. The van der Waals surface area contributed by atoms with Gasteiger partial charge in [0.1, 0.15) is 6.61 Å². The van der Waals surface area contributed by atoms with Crippen LogP contribution in [0, 0.1) is 0 Å². The van der Waals surface area contributed by atoms with Crippen LogP contribution in [0.4, 0.5) is 0 Å². The largest absolute Gasteiger partial charge is 0.394 e. The number of hydrogen-bond donors (Lipinski definition) is 1. The van der Waals surface area contributed by atoms with Crippen LogP contribution in [0.3, 0.4) is 0 Å². The molecule has 0 spiro atoms. The Balaban J connectivity index is 2.40. The van der Waals surface area contributed by atoms with Gasteiger partial charge >= 0.3 is 0 Å². The molecule has 0 bridgehead atoms. The van der Waals surface area contributed by atoms with E-state index < -0.39 is 0 Å². The topological polar surface area (TPSA) is 63.4 Å². The Bertz CT molecular complexity index is 588. The molecule has 0 radical (unpaired) electrons. The lowest BCUT2D eigenvalue weighted by atomic mass is 10.2. The number of aromatic nitrogens is 2. The van der Waals surface area contributed by atoms with Gasteiger partial charge in [-0.05, 0) is 18.8 Å². The van der Waals surface area contributed by atoms with E-state index in [0.717, 1.165) is 18.7 Å². The second-order valence-corrected chi connectivity index (χ2v) is 6.03. The minimum Gasteiger partial charge on any atom is -0.394 e. The maximum Gasteiger partial charge on any atom is 0.229 e. The molecule has 1 N–H and O–H groups in total. The second-order valence-electron chi connectivity index (χ2n) is 6.03. The summed E-state index contributed by atoms with van der Waals surface area (Å²) in [4.78, 5) is 6.51. The normalized spacial score (nSPS) is 12.8. The van der Waals surface area contributed by atoms with Gasteiger partial charge < -0.3 is 14.6 Å². The molecule has 0 atom stereocenters. The van der Waals surface area contributed by atoms with Crippen LogP contribution in [-0.4, -0.2) is 48.8 Å². The fourth-order valence-electron chi connectivity index (χ4n) is 2.04. The lowest BCUT2D eigenvalue weighted by Crippen LogP contribution is -2.24. The van der Waals surface area contributed by atoms with E-state index in [2.05, 4.69) is 40.1 Å². The lowest BCUT2D eigenvalue weighted by molar-refractivity contribution is 0.130. The second kappa shape index (κ2) is 12.2. The van der Waals surface area contributed by atoms with Crippen molar-refractivity contribution in [3.8, 4) is 0 Å². The van der Waals surface area contributed by atoms with Crippen LogP contribution in [0.2, 0.25) is 0 Å². The van der Waals surface area contributed by atoms with Crippen molar-refractivity contribution >= 4 is 0 Å². The quantitative estimate of drug-likeness (QED) is 0.587. The van der Waals surface area contributed by atoms with Gasteiger partial charge in [0.25, 0.3) is 0 Å². The summed E-state index contributed by atoms with van der Waals surface area (Å²) >= 11 is 0. The van der Waals surface area contributed by atoms with Crippen molar-refractivity contribution in [1.82, 2.24) is 20.4 Å². The molecule has 0 saturated carbocycles. The predicted octanol–water partition coefficient (Wildman–Crippen LogP) is 3.04. The van der Waals surface area contributed by atoms with E-state index in [0.29, 0.717) is 24.9 Å². The fraction of sp³-hybridized carbons (Fsp3) is 0.474. The molecule has 0 aliphatic rings. The fourth-order valence-corrected chi connectivity index (χ4v) is 2.04. The molecule has 1 aromatic rings. The minimum atomic E-state index is 0.226. The molecule has 6 nitrogen and oxygen atoms in total. The molecule has 25 heavy (non-hydrogen) atoms. The van der Waals surface area contributed by atoms with E-state index >= 15 is 0 Å². The monoisotopic (exact) mass is 346 g/mol. The van der Waals surface area contributed by atoms with Crippen molar-refractivity contribution in [3.63, 3.8) is 0 Å². The van der Waals surface area contributed by atoms with E-state index in [9.17, 15) is 0 Å². The van der Waals surface area contributed by atoms with Crippen LogP contribution >= 0.6 is 0 Å². The maximum atomic E-state index is 5.73. The zero-order chi connectivity index (χ0) is 18.5. The van der Waals surface area contributed by atoms with E-state index in [1.54, 1.807) is 6.08 Å². The van der Waals surface area contributed by atoms with Crippen molar-refractivity contribution in [2.24, 2.45) is 0 Å². The van der Waals surface area contributed by atoms with Gasteiger partial charge in [-0.15, -0.1) is 0 Å². The Morgan fingerprint density at radius 1 is 1.36 bits per heavy atom. The first-order valence-electron chi connectivity index (χ1n) is 8.45. The van der Waals surface area contributed by atoms with Gasteiger partial charge in [-0.3, -0.25) is 4.90 Å². The van der Waals surface area contributed by atoms with Crippen molar-refractivity contribution in [3.05, 3.63) is 60.4 Å². The zero-order valence-corrected chi connectivity index (χ0v) is 15.7. The zero-order valence-electron chi connectivity index (χ0n) is 15.7. The molecule has 1 aromatic heterocycles. The van der Waals surface area contributed by atoms with Crippen LogP contribution in [-0.2, 0) is 11.3 Å². The lowest BCUT2D eigenvalue weighted by Gasteiger charge is -2.17. The molecule has 0 aliphatic heterocycles. The third-order valence-corrected chi connectivity index (χ3v) is 3.23. The molecule has 0 aromatic carbocycles. The molecule has 1 heterocycles. The van der Waals surface area contributed by atoms with Gasteiger partial charge in [0, 0.05) is 26.1 Å².